The van der Waals surface area contributed by atoms with Gasteiger partial charge in [-0.3, -0.25) is 0 Å². The summed E-state index contributed by atoms with van der Waals surface area (Å²) < 4.78 is 33.4. The van der Waals surface area contributed by atoms with Crippen LogP contribution in [0.5, 0.6) is 0 Å². The van der Waals surface area contributed by atoms with Crippen LogP contribution in [0.1, 0.15) is 31.7 Å². The molecule has 1 heterocycles. The highest BCUT2D eigenvalue weighted by Gasteiger charge is 2.37. The molecule has 1 saturated carbocycles. The summed E-state index contributed by atoms with van der Waals surface area (Å²) in [6, 6.07) is 13.9. The van der Waals surface area contributed by atoms with Crippen LogP contribution >= 0.6 is 11.6 Å². The third kappa shape index (κ3) is 4.22. The van der Waals surface area contributed by atoms with Crippen molar-refractivity contribution < 1.29 is 12.9 Å². The van der Waals surface area contributed by atoms with E-state index >= 15 is 0 Å². The first-order valence-electron chi connectivity index (χ1n) is 9.58. The number of sulfonamides is 1. The molecule has 0 N–H and O–H groups in total. The van der Waals surface area contributed by atoms with Gasteiger partial charge >= 0.3 is 0 Å². The first-order valence-corrected chi connectivity index (χ1v) is 11.4. The van der Waals surface area contributed by atoms with E-state index < -0.39 is 10.0 Å². The minimum absolute atomic E-state index is 0.0208. The lowest BCUT2D eigenvalue weighted by Gasteiger charge is -2.31. The molecule has 152 valence electrons. The van der Waals surface area contributed by atoms with E-state index in [9.17, 15) is 8.42 Å². The van der Waals surface area contributed by atoms with E-state index in [1.54, 1.807) is 28.6 Å². The van der Waals surface area contributed by atoms with Gasteiger partial charge in [-0.1, -0.05) is 54.4 Å². The normalized spacial score (nSPS) is 19.7. The van der Waals surface area contributed by atoms with E-state index in [0.717, 1.165) is 30.4 Å². The molecule has 0 saturated heterocycles. The molecule has 1 aromatic heterocycles. The van der Waals surface area contributed by atoms with Gasteiger partial charge in [0.1, 0.15) is 0 Å². The van der Waals surface area contributed by atoms with E-state index in [-0.39, 0.29) is 10.9 Å². The summed E-state index contributed by atoms with van der Waals surface area (Å²) in [4.78, 5) is 4.31. The molecule has 0 unspecified atom stereocenters. The maximum absolute atomic E-state index is 13.5. The predicted molar refractivity (Wildman–Crippen MR) is 111 cm³/mol. The van der Waals surface area contributed by atoms with E-state index in [0.29, 0.717) is 23.3 Å². The van der Waals surface area contributed by atoms with Gasteiger partial charge in [0.05, 0.1) is 4.90 Å². The zero-order valence-electron chi connectivity index (χ0n) is 16.0. The second-order valence-corrected chi connectivity index (χ2v) is 9.76. The highest BCUT2D eigenvalue weighted by atomic mass is 35.5. The van der Waals surface area contributed by atoms with Crippen LogP contribution in [0.4, 0.5) is 0 Å². The number of rotatable bonds is 6. The molecule has 0 aliphatic heterocycles. The highest BCUT2D eigenvalue weighted by molar-refractivity contribution is 7.89. The zero-order valence-corrected chi connectivity index (χ0v) is 17.6. The molecule has 0 spiro atoms. The molecule has 4 rings (SSSR count). The van der Waals surface area contributed by atoms with Gasteiger partial charge in [-0.2, -0.15) is 9.29 Å². The van der Waals surface area contributed by atoms with Crippen molar-refractivity contribution in [3.8, 4) is 11.4 Å². The Balaban J connectivity index is 1.65. The van der Waals surface area contributed by atoms with Gasteiger partial charge in [0, 0.05) is 23.2 Å². The Bertz CT molecular complexity index is 1050. The zero-order chi connectivity index (χ0) is 20.4. The molecule has 0 amide bonds. The van der Waals surface area contributed by atoms with Gasteiger partial charge < -0.3 is 4.52 Å². The number of nitrogens with zero attached hydrogens (tertiary/aromatic N) is 3. The molecule has 29 heavy (non-hydrogen) atoms. The minimum atomic E-state index is -3.65. The summed E-state index contributed by atoms with van der Waals surface area (Å²) in [6.45, 7) is 2.44. The molecule has 0 radical (unpaired) electrons. The van der Waals surface area contributed by atoms with Gasteiger partial charge in [0.2, 0.25) is 22.2 Å². The van der Waals surface area contributed by atoms with Crippen LogP contribution in [-0.2, 0) is 16.6 Å². The number of hydrogen-bond acceptors (Lipinski definition) is 5. The van der Waals surface area contributed by atoms with Crippen molar-refractivity contribution in [2.24, 2.45) is 5.92 Å². The first kappa shape index (κ1) is 20.1. The second kappa shape index (κ2) is 8.26. The van der Waals surface area contributed by atoms with Crippen LogP contribution < -0.4 is 0 Å². The van der Waals surface area contributed by atoms with Crippen molar-refractivity contribution >= 4 is 21.6 Å². The molecule has 1 aliphatic rings. The first-order chi connectivity index (χ1) is 13.9. The third-order valence-electron chi connectivity index (χ3n) is 5.52. The Morgan fingerprint density at radius 2 is 1.83 bits per heavy atom. The molecule has 6 nitrogen and oxygen atoms in total. The summed E-state index contributed by atoms with van der Waals surface area (Å²) in [5.74, 6) is 0.822. The fourth-order valence-electron chi connectivity index (χ4n) is 3.91. The molecule has 0 bridgehead atoms. The van der Waals surface area contributed by atoms with Crippen LogP contribution in [0.15, 0.2) is 64.3 Å². The number of aromatic nitrogens is 2. The van der Waals surface area contributed by atoms with E-state index in [1.165, 1.54) is 6.39 Å². The monoisotopic (exact) mass is 431 g/mol. The lowest BCUT2D eigenvalue weighted by molar-refractivity contribution is 0.268. The van der Waals surface area contributed by atoms with Crippen molar-refractivity contribution in [2.75, 3.05) is 0 Å². The smallest absolute Gasteiger partial charge is 0.243 e. The molecule has 2 atom stereocenters. The SMILES string of the molecule is C[C@H]1CCC[C@H]1N(Cc1ccc(-c2ncon2)cc1)S(=O)(=O)c1ccc(Cl)cc1. The molecular weight excluding hydrogens is 410 g/mol. The van der Waals surface area contributed by atoms with E-state index in [4.69, 9.17) is 16.1 Å². The Labute approximate surface area is 175 Å². The van der Waals surface area contributed by atoms with Crippen LogP contribution in [0, 0.1) is 5.92 Å². The van der Waals surface area contributed by atoms with Crippen LogP contribution in [-0.4, -0.2) is 28.9 Å². The largest absolute Gasteiger partial charge is 0.342 e. The molecule has 2 aromatic carbocycles. The van der Waals surface area contributed by atoms with Gasteiger partial charge in [-0.25, -0.2) is 8.42 Å². The topological polar surface area (TPSA) is 76.3 Å². The quantitative estimate of drug-likeness (QED) is 0.561. The molecule has 3 aromatic rings. The standard InChI is InChI=1S/C21H22ClN3O3S/c1-15-3-2-4-20(15)25(29(26,27)19-11-9-18(22)10-12-19)13-16-5-7-17(8-6-16)21-23-14-28-24-21/h5-12,14-15,20H,2-4,13H2,1H3/t15-,20+/m0/s1. The number of benzene rings is 2. The second-order valence-electron chi connectivity index (χ2n) is 7.43. The Hall–Kier alpha value is -2.22. The molecule has 1 fully saturated rings. The van der Waals surface area contributed by atoms with Crippen molar-refractivity contribution in [3.63, 3.8) is 0 Å². The van der Waals surface area contributed by atoms with Crippen molar-refractivity contribution in [3.05, 3.63) is 65.5 Å². The minimum Gasteiger partial charge on any atom is -0.342 e. The predicted octanol–water partition coefficient (Wildman–Crippen LogP) is 4.77. The third-order valence-corrected chi connectivity index (χ3v) is 7.66. The molecule has 8 heteroatoms. The lowest BCUT2D eigenvalue weighted by Crippen LogP contribution is -2.41. The van der Waals surface area contributed by atoms with Crippen molar-refractivity contribution in [2.45, 2.75) is 43.7 Å². The summed E-state index contributed by atoms with van der Waals surface area (Å²) >= 11 is 5.95. The Morgan fingerprint density at radius 3 is 2.41 bits per heavy atom. The fraction of sp³-hybridized carbons (Fsp3) is 0.333. The summed E-state index contributed by atoms with van der Waals surface area (Å²) in [6.07, 6.45) is 4.23. The van der Waals surface area contributed by atoms with E-state index in [1.807, 2.05) is 24.3 Å². The fourth-order valence-corrected chi connectivity index (χ4v) is 5.78. The van der Waals surface area contributed by atoms with Crippen molar-refractivity contribution in [1.82, 2.24) is 14.4 Å². The average Bonchev–Trinajstić information content (AvgIpc) is 3.39. The maximum Gasteiger partial charge on any atom is 0.243 e. The maximum atomic E-state index is 13.5. The van der Waals surface area contributed by atoms with Gasteiger partial charge in [-0.15, -0.1) is 0 Å². The van der Waals surface area contributed by atoms with Crippen LogP contribution in [0.2, 0.25) is 5.02 Å². The van der Waals surface area contributed by atoms with Gasteiger partial charge in [0.25, 0.3) is 0 Å². The highest BCUT2D eigenvalue weighted by Crippen LogP contribution is 2.34. The summed E-state index contributed by atoms with van der Waals surface area (Å²) in [7, 11) is -3.65. The Kier molecular flexibility index (Phi) is 5.72. The Morgan fingerprint density at radius 1 is 1.10 bits per heavy atom. The molecular formula is C21H22ClN3O3S. The summed E-state index contributed by atoms with van der Waals surface area (Å²) in [5, 5.41) is 4.35. The van der Waals surface area contributed by atoms with Crippen molar-refractivity contribution in [1.29, 1.82) is 0 Å². The lowest BCUT2D eigenvalue weighted by atomic mass is 10.1. The van der Waals surface area contributed by atoms with Crippen LogP contribution in [0.25, 0.3) is 11.4 Å². The number of hydrogen-bond donors (Lipinski definition) is 0. The number of halogens is 1. The van der Waals surface area contributed by atoms with Crippen LogP contribution in [0.3, 0.4) is 0 Å². The van der Waals surface area contributed by atoms with Gasteiger partial charge in [0.15, 0.2) is 0 Å². The molecule has 1 aliphatic carbocycles. The summed E-state index contributed by atoms with van der Waals surface area (Å²) in [5.41, 5.74) is 1.73. The van der Waals surface area contributed by atoms with Gasteiger partial charge in [-0.05, 0) is 48.6 Å². The van der Waals surface area contributed by atoms with E-state index in [2.05, 4.69) is 17.1 Å². The average molecular weight is 432 g/mol.